The SMILES string of the molecule is CCCn1ncnc1CN1CCCC(CCO)C1. The second kappa shape index (κ2) is 6.85. The Morgan fingerprint density at radius 3 is 3.17 bits per heavy atom. The van der Waals surface area contributed by atoms with Crippen molar-refractivity contribution >= 4 is 0 Å². The number of aliphatic hydroxyl groups is 1. The molecular weight excluding hydrogens is 228 g/mol. The van der Waals surface area contributed by atoms with Crippen LogP contribution < -0.4 is 0 Å². The molecule has 0 bridgehead atoms. The molecule has 0 spiro atoms. The van der Waals surface area contributed by atoms with Crippen molar-refractivity contribution in [3.05, 3.63) is 12.2 Å². The lowest BCUT2D eigenvalue weighted by Crippen LogP contribution is -2.36. The number of hydrogen-bond acceptors (Lipinski definition) is 4. The van der Waals surface area contributed by atoms with Crippen LogP contribution in [0, 0.1) is 5.92 Å². The van der Waals surface area contributed by atoms with Crippen molar-refractivity contribution in [3.63, 3.8) is 0 Å². The molecule has 102 valence electrons. The largest absolute Gasteiger partial charge is 0.396 e. The van der Waals surface area contributed by atoms with E-state index in [0.717, 1.165) is 44.8 Å². The molecule has 1 aromatic rings. The van der Waals surface area contributed by atoms with Crippen molar-refractivity contribution in [1.82, 2.24) is 19.7 Å². The predicted octanol–water partition coefficient (Wildman–Crippen LogP) is 1.28. The van der Waals surface area contributed by atoms with Gasteiger partial charge in [-0.25, -0.2) is 9.67 Å². The predicted molar refractivity (Wildman–Crippen MR) is 70.0 cm³/mol. The molecule has 0 amide bonds. The zero-order valence-corrected chi connectivity index (χ0v) is 11.3. The Morgan fingerprint density at radius 2 is 2.39 bits per heavy atom. The van der Waals surface area contributed by atoms with Gasteiger partial charge < -0.3 is 5.11 Å². The van der Waals surface area contributed by atoms with E-state index in [4.69, 9.17) is 5.11 Å². The van der Waals surface area contributed by atoms with Gasteiger partial charge in [-0.1, -0.05) is 6.92 Å². The van der Waals surface area contributed by atoms with Crippen molar-refractivity contribution < 1.29 is 5.11 Å². The van der Waals surface area contributed by atoms with Gasteiger partial charge in [-0.05, 0) is 38.1 Å². The molecule has 5 heteroatoms. The third-order valence-corrected chi connectivity index (χ3v) is 3.64. The van der Waals surface area contributed by atoms with E-state index >= 15 is 0 Å². The molecular formula is C13H24N4O. The van der Waals surface area contributed by atoms with Gasteiger partial charge in [-0.15, -0.1) is 0 Å². The molecule has 1 atom stereocenters. The highest BCUT2D eigenvalue weighted by Gasteiger charge is 2.20. The first-order valence-corrected chi connectivity index (χ1v) is 7.03. The highest BCUT2D eigenvalue weighted by atomic mass is 16.3. The van der Waals surface area contributed by atoms with E-state index < -0.39 is 0 Å². The van der Waals surface area contributed by atoms with E-state index in [1.54, 1.807) is 6.33 Å². The molecule has 1 aromatic heterocycles. The van der Waals surface area contributed by atoms with E-state index in [1.807, 2.05) is 4.68 Å². The fraction of sp³-hybridized carbons (Fsp3) is 0.846. The minimum absolute atomic E-state index is 0.310. The highest BCUT2D eigenvalue weighted by Crippen LogP contribution is 2.20. The second-order valence-electron chi connectivity index (χ2n) is 5.16. The number of aromatic nitrogens is 3. The molecule has 1 aliphatic rings. The molecule has 5 nitrogen and oxygen atoms in total. The van der Waals surface area contributed by atoms with Crippen LogP contribution in [0.2, 0.25) is 0 Å². The van der Waals surface area contributed by atoms with Crippen LogP contribution >= 0.6 is 0 Å². The molecule has 1 saturated heterocycles. The Hall–Kier alpha value is -0.940. The van der Waals surface area contributed by atoms with Crippen LogP contribution in [-0.4, -0.2) is 44.5 Å². The maximum absolute atomic E-state index is 9.03. The van der Waals surface area contributed by atoms with E-state index in [2.05, 4.69) is 21.9 Å². The number of aryl methyl sites for hydroxylation is 1. The monoisotopic (exact) mass is 252 g/mol. The molecule has 0 saturated carbocycles. The Labute approximate surface area is 109 Å². The molecule has 2 rings (SSSR count). The smallest absolute Gasteiger partial charge is 0.141 e. The standard InChI is InChI=1S/C13H24N4O/c1-2-6-17-13(14-11-15-17)10-16-7-3-4-12(9-16)5-8-18/h11-12,18H,2-10H2,1H3. The van der Waals surface area contributed by atoms with Crippen molar-refractivity contribution in [2.45, 2.75) is 45.7 Å². The summed E-state index contributed by atoms with van der Waals surface area (Å²) in [6.07, 6.45) is 6.15. The summed E-state index contributed by atoms with van der Waals surface area (Å²) in [6.45, 7) is 6.53. The second-order valence-corrected chi connectivity index (χ2v) is 5.16. The molecule has 2 heterocycles. The van der Waals surface area contributed by atoms with E-state index in [0.29, 0.717) is 12.5 Å². The lowest BCUT2D eigenvalue weighted by Gasteiger charge is -2.32. The van der Waals surface area contributed by atoms with Crippen molar-refractivity contribution in [3.8, 4) is 0 Å². The zero-order chi connectivity index (χ0) is 12.8. The Bertz CT molecular complexity index is 351. The minimum Gasteiger partial charge on any atom is -0.396 e. The molecule has 1 fully saturated rings. The van der Waals surface area contributed by atoms with Crippen LogP contribution in [0.15, 0.2) is 6.33 Å². The maximum Gasteiger partial charge on any atom is 0.141 e. The summed E-state index contributed by atoms with van der Waals surface area (Å²) >= 11 is 0. The van der Waals surface area contributed by atoms with Crippen molar-refractivity contribution in [1.29, 1.82) is 0 Å². The number of hydrogen-bond donors (Lipinski definition) is 1. The Kier molecular flexibility index (Phi) is 5.13. The van der Waals surface area contributed by atoms with Crippen molar-refractivity contribution in [2.24, 2.45) is 5.92 Å². The first kappa shape index (κ1) is 13.5. The van der Waals surface area contributed by atoms with Crippen LogP contribution in [0.5, 0.6) is 0 Å². The summed E-state index contributed by atoms with van der Waals surface area (Å²) in [7, 11) is 0. The summed E-state index contributed by atoms with van der Waals surface area (Å²) in [6, 6.07) is 0. The number of nitrogens with zero attached hydrogens (tertiary/aromatic N) is 4. The normalized spacial score (nSPS) is 21.3. The molecule has 0 aliphatic carbocycles. The lowest BCUT2D eigenvalue weighted by atomic mass is 9.95. The van der Waals surface area contributed by atoms with Crippen LogP contribution in [0.3, 0.4) is 0 Å². The Balaban J connectivity index is 1.89. The maximum atomic E-state index is 9.03. The van der Waals surface area contributed by atoms with Gasteiger partial charge in [0.05, 0.1) is 6.54 Å². The molecule has 1 unspecified atom stereocenters. The third kappa shape index (κ3) is 3.53. The zero-order valence-electron chi connectivity index (χ0n) is 11.3. The quantitative estimate of drug-likeness (QED) is 0.828. The first-order chi connectivity index (χ1) is 8.83. The average Bonchev–Trinajstić information content (AvgIpc) is 2.78. The van der Waals surface area contributed by atoms with Gasteiger partial charge in [-0.2, -0.15) is 5.10 Å². The van der Waals surface area contributed by atoms with Crippen LogP contribution in [0.25, 0.3) is 0 Å². The molecule has 0 radical (unpaired) electrons. The minimum atomic E-state index is 0.310. The number of aliphatic hydroxyl groups excluding tert-OH is 1. The number of rotatable bonds is 6. The molecule has 18 heavy (non-hydrogen) atoms. The average molecular weight is 252 g/mol. The summed E-state index contributed by atoms with van der Waals surface area (Å²) in [5.74, 6) is 1.72. The van der Waals surface area contributed by atoms with Crippen LogP contribution in [0.4, 0.5) is 0 Å². The first-order valence-electron chi connectivity index (χ1n) is 7.03. The lowest BCUT2D eigenvalue weighted by molar-refractivity contribution is 0.138. The Morgan fingerprint density at radius 1 is 1.50 bits per heavy atom. The van der Waals surface area contributed by atoms with Gasteiger partial charge in [0.25, 0.3) is 0 Å². The molecule has 1 N–H and O–H groups in total. The number of likely N-dealkylation sites (tertiary alicyclic amines) is 1. The van der Waals surface area contributed by atoms with E-state index in [1.165, 1.54) is 12.8 Å². The molecule has 0 aromatic carbocycles. The van der Waals surface area contributed by atoms with Gasteiger partial charge in [0.1, 0.15) is 12.2 Å². The summed E-state index contributed by atoms with van der Waals surface area (Å²) < 4.78 is 2.01. The van der Waals surface area contributed by atoms with Gasteiger partial charge in [0.15, 0.2) is 0 Å². The van der Waals surface area contributed by atoms with E-state index in [9.17, 15) is 0 Å². The summed E-state index contributed by atoms with van der Waals surface area (Å²) in [5, 5.41) is 13.3. The summed E-state index contributed by atoms with van der Waals surface area (Å²) in [4.78, 5) is 6.81. The topological polar surface area (TPSA) is 54.2 Å². The fourth-order valence-electron chi connectivity index (χ4n) is 2.72. The summed E-state index contributed by atoms with van der Waals surface area (Å²) in [5.41, 5.74) is 0. The van der Waals surface area contributed by atoms with Gasteiger partial charge in [-0.3, -0.25) is 4.90 Å². The van der Waals surface area contributed by atoms with Crippen LogP contribution in [0.1, 0.15) is 38.4 Å². The van der Waals surface area contributed by atoms with Gasteiger partial charge in [0, 0.05) is 19.7 Å². The van der Waals surface area contributed by atoms with E-state index in [-0.39, 0.29) is 0 Å². The van der Waals surface area contributed by atoms with Crippen LogP contribution in [-0.2, 0) is 13.1 Å². The molecule has 1 aliphatic heterocycles. The van der Waals surface area contributed by atoms with Crippen molar-refractivity contribution in [2.75, 3.05) is 19.7 Å². The van der Waals surface area contributed by atoms with Gasteiger partial charge >= 0.3 is 0 Å². The third-order valence-electron chi connectivity index (χ3n) is 3.64. The fourth-order valence-corrected chi connectivity index (χ4v) is 2.72. The number of piperidine rings is 1. The van der Waals surface area contributed by atoms with Gasteiger partial charge in [0.2, 0.25) is 0 Å². The highest BCUT2D eigenvalue weighted by molar-refractivity contribution is 4.86.